The van der Waals surface area contributed by atoms with Gasteiger partial charge in [-0.2, -0.15) is 0 Å². The molecule has 6 heteroatoms. The van der Waals surface area contributed by atoms with E-state index in [-0.39, 0.29) is 6.10 Å². The zero-order valence-corrected chi connectivity index (χ0v) is 13.1. The molecule has 0 N–H and O–H groups in total. The molecule has 2 atom stereocenters. The Morgan fingerprint density at radius 1 is 1.33 bits per heavy atom. The number of esters is 3. The molecule has 2 unspecified atom stereocenters. The standard InChI is InChI=1S/C15H22O6/c1-7-11(16)21-15(5,6)14(3,4)13(18)20-10-8-9(2)19-12(10)17/h7,9-10H,1,8H2,2-6H3. The first kappa shape index (κ1) is 17.2. The third-order valence-corrected chi connectivity index (χ3v) is 3.91. The molecule has 118 valence electrons. The molecule has 1 aliphatic heterocycles. The van der Waals surface area contributed by atoms with Crippen molar-refractivity contribution in [3.63, 3.8) is 0 Å². The van der Waals surface area contributed by atoms with Gasteiger partial charge in [0, 0.05) is 12.5 Å². The molecule has 1 saturated heterocycles. The second-order valence-corrected chi connectivity index (χ2v) is 6.14. The molecule has 21 heavy (non-hydrogen) atoms. The average Bonchev–Trinajstić information content (AvgIpc) is 2.66. The summed E-state index contributed by atoms with van der Waals surface area (Å²) in [5, 5.41) is 0. The lowest BCUT2D eigenvalue weighted by Crippen LogP contribution is -2.49. The summed E-state index contributed by atoms with van der Waals surface area (Å²) in [6.45, 7) is 11.4. The predicted molar refractivity (Wildman–Crippen MR) is 74.2 cm³/mol. The van der Waals surface area contributed by atoms with E-state index in [9.17, 15) is 14.4 Å². The summed E-state index contributed by atoms with van der Waals surface area (Å²) in [4.78, 5) is 35.2. The van der Waals surface area contributed by atoms with Crippen LogP contribution in [0.2, 0.25) is 0 Å². The Morgan fingerprint density at radius 3 is 2.33 bits per heavy atom. The largest absolute Gasteiger partial charge is 0.460 e. The van der Waals surface area contributed by atoms with Crippen LogP contribution < -0.4 is 0 Å². The number of cyclic esters (lactones) is 1. The first-order valence-corrected chi connectivity index (χ1v) is 6.78. The SMILES string of the molecule is C=CC(=O)OC(C)(C)C(C)(C)C(=O)OC1CC(C)OC1=O. The molecule has 0 aromatic heterocycles. The van der Waals surface area contributed by atoms with Crippen molar-refractivity contribution in [3.8, 4) is 0 Å². The maximum absolute atomic E-state index is 12.3. The number of rotatable bonds is 5. The third kappa shape index (κ3) is 3.62. The van der Waals surface area contributed by atoms with E-state index in [0.717, 1.165) is 6.08 Å². The van der Waals surface area contributed by atoms with Gasteiger partial charge in [0.15, 0.2) is 0 Å². The summed E-state index contributed by atoms with van der Waals surface area (Å²) < 4.78 is 15.4. The van der Waals surface area contributed by atoms with Crippen LogP contribution in [0.4, 0.5) is 0 Å². The molecule has 0 aromatic carbocycles. The van der Waals surface area contributed by atoms with Crippen LogP contribution in [0.3, 0.4) is 0 Å². The molecular formula is C15H22O6. The smallest absolute Gasteiger partial charge is 0.347 e. The monoisotopic (exact) mass is 298 g/mol. The minimum absolute atomic E-state index is 0.273. The minimum atomic E-state index is -1.14. The summed E-state index contributed by atoms with van der Waals surface area (Å²) in [5.74, 6) is -1.80. The fraction of sp³-hybridized carbons (Fsp3) is 0.667. The van der Waals surface area contributed by atoms with E-state index >= 15 is 0 Å². The van der Waals surface area contributed by atoms with Crippen molar-refractivity contribution in [2.24, 2.45) is 5.41 Å². The fourth-order valence-corrected chi connectivity index (χ4v) is 1.76. The van der Waals surface area contributed by atoms with Gasteiger partial charge in [-0.3, -0.25) is 4.79 Å². The van der Waals surface area contributed by atoms with Gasteiger partial charge in [0.25, 0.3) is 0 Å². The average molecular weight is 298 g/mol. The third-order valence-electron chi connectivity index (χ3n) is 3.91. The molecule has 0 aromatic rings. The zero-order chi connectivity index (χ0) is 16.4. The van der Waals surface area contributed by atoms with E-state index in [2.05, 4.69) is 6.58 Å². The Balaban J connectivity index is 2.81. The van der Waals surface area contributed by atoms with Gasteiger partial charge in [-0.15, -0.1) is 0 Å². The van der Waals surface area contributed by atoms with Gasteiger partial charge in [-0.05, 0) is 34.6 Å². The lowest BCUT2D eigenvalue weighted by Gasteiger charge is -2.38. The van der Waals surface area contributed by atoms with Crippen molar-refractivity contribution in [1.29, 1.82) is 0 Å². The topological polar surface area (TPSA) is 78.9 Å². The Kier molecular flexibility index (Phi) is 4.81. The lowest BCUT2D eigenvalue weighted by molar-refractivity contribution is -0.186. The van der Waals surface area contributed by atoms with Gasteiger partial charge < -0.3 is 14.2 Å². The minimum Gasteiger partial charge on any atom is -0.460 e. The van der Waals surface area contributed by atoms with Crippen molar-refractivity contribution in [2.45, 2.75) is 58.8 Å². The van der Waals surface area contributed by atoms with Crippen LogP contribution >= 0.6 is 0 Å². The molecule has 1 rings (SSSR count). The van der Waals surface area contributed by atoms with E-state index in [1.165, 1.54) is 0 Å². The summed E-state index contributed by atoms with van der Waals surface area (Å²) in [6.07, 6.45) is 0.176. The highest BCUT2D eigenvalue weighted by Crippen LogP contribution is 2.36. The highest BCUT2D eigenvalue weighted by molar-refractivity contribution is 5.85. The molecule has 0 amide bonds. The van der Waals surface area contributed by atoms with Gasteiger partial charge in [-0.25, -0.2) is 9.59 Å². The quantitative estimate of drug-likeness (QED) is 0.437. The highest BCUT2D eigenvalue weighted by Gasteiger charge is 2.49. The number of ether oxygens (including phenoxy) is 3. The maximum atomic E-state index is 12.3. The van der Waals surface area contributed by atoms with Crippen molar-refractivity contribution in [1.82, 2.24) is 0 Å². The van der Waals surface area contributed by atoms with Gasteiger partial charge in [0.2, 0.25) is 6.10 Å². The number of carbonyl (C=O) groups is 3. The first-order valence-electron chi connectivity index (χ1n) is 6.78. The van der Waals surface area contributed by atoms with Gasteiger partial charge in [0.1, 0.15) is 17.1 Å². The second kappa shape index (κ2) is 5.87. The van der Waals surface area contributed by atoms with Crippen LogP contribution in [0.15, 0.2) is 12.7 Å². The van der Waals surface area contributed by atoms with Crippen molar-refractivity contribution >= 4 is 17.9 Å². The van der Waals surface area contributed by atoms with E-state index < -0.39 is 35.0 Å². The Labute approximate surface area is 124 Å². The molecule has 1 heterocycles. The maximum Gasteiger partial charge on any atom is 0.347 e. The van der Waals surface area contributed by atoms with E-state index in [1.807, 2.05) is 0 Å². The number of carbonyl (C=O) groups excluding carboxylic acids is 3. The highest BCUT2D eigenvalue weighted by atomic mass is 16.6. The molecule has 1 aliphatic rings. The number of hydrogen-bond donors (Lipinski definition) is 0. The predicted octanol–water partition coefficient (Wildman–Crippen LogP) is 1.77. The normalized spacial score (nSPS) is 22.4. The zero-order valence-electron chi connectivity index (χ0n) is 13.1. The Hall–Kier alpha value is -1.85. The van der Waals surface area contributed by atoms with Crippen LogP contribution in [0.1, 0.15) is 41.0 Å². The molecule has 0 saturated carbocycles. The Morgan fingerprint density at radius 2 is 1.90 bits per heavy atom. The summed E-state index contributed by atoms with van der Waals surface area (Å²) in [6, 6.07) is 0. The molecule has 1 fully saturated rings. The van der Waals surface area contributed by atoms with Crippen LogP contribution in [0.5, 0.6) is 0 Å². The van der Waals surface area contributed by atoms with Gasteiger partial charge in [-0.1, -0.05) is 6.58 Å². The van der Waals surface area contributed by atoms with Crippen LogP contribution in [-0.2, 0) is 28.6 Å². The van der Waals surface area contributed by atoms with Crippen molar-refractivity contribution < 1.29 is 28.6 Å². The van der Waals surface area contributed by atoms with Gasteiger partial charge in [0.05, 0.1) is 0 Å². The van der Waals surface area contributed by atoms with Gasteiger partial charge >= 0.3 is 17.9 Å². The molecule has 0 spiro atoms. The molecule has 0 radical (unpaired) electrons. The van der Waals surface area contributed by atoms with E-state index in [0.29, 0.717) is 6.42 Å². The van der Waals surface area contributed by atoms with Crippen LogP contribution in [0, 0.1) is 5.41 Å². The summed E-state index contributed by atoms with van der Waals surface area (Å²) in [5.41, 5.74) is -2.26. The fourth-order valence-electron chi connectivity index (χ4n) is 1.76. The number of hydrogen-bond acceptors (Lipinski definition) is 6. The van der Waals surface area contributed by atoms with Crippen LogP contribution in [0.25, 0.3) is 0 Å². The summed E-state index contributed by atoms with van der Waals surface area (Å²) >= 11 is 0. The Bertz CT molecular complexity index is 463. The van der Waals surface area contributed by atoms with Crippen molar-refractivity contribution in [2.75, 3.05) is 0 Å². The van der Waals surface area contributed by atoms with E-state index in [4.69, 9.17) is 14.2 Å². The molecule has 0 bridgehead atoms. The lowest BCUT2D eigenvalue weighted by atomic mass is 9.77. The van der Waals surface area contributed by atoms with Crippen molar-refractivity contribution in [3.05, 3.63) is 12.7 Å². The summed E-state index contributed by atoms with van der Waals surface area (Å²) in [7, 11) is 0. The molecule has 6 nitrogen and oxygen atoms in total. The van der Waals surface area contributed by atoms with Crippen LogP contribution in [-0.4, -0.2) is 35.7 Å². The van der Waals surface area contributed by atoms with E-state index in [1.54, 1.807) is 34.6 Å². The molecular weight excluding hydrogens is 276 g/mol. The first-order chi connectivity index (χ1) is 9.51. The second-order valence-electron chi connectivity index (χ2n) is 6.14. The molecule has 0 aliphatic carbocycles.